The fourth-order valence-corrected chi connectivity index (χ4v) is 3.65. The van der Waals surface area contributed by atoms with Gasteiger partial charge in [0.15, 0.2) is 11.5 Å². The monoisotopic (exact) mass is 487 g/mol. The number of carbonyl (C=O) groups excluding carboxylic acids is 1. The third kappa shape index (κ3) is 5.02. The Hall–Kier alpha value is -4.73. The smallest absolute Gasteiger partial charge is 0.352 e. The molecular weight excluding hydrogens is 462 g/mol. The Bertz CT molecular complexity index is 1510. The fraction of sp³-hybridized carbons (Fsp3) is 0.192. The van der Waals surface area contributed by atoms with E-state index in [1.807, 2.05) is 31.2 Å². The maximum Gasteiger partial charge on any atom is 0.352 e. The van der Waals surface area contributed by atoms with Gasteiger partial charge in [0.1, 0.15) is 0 Å². The van der Waals surface area contributed by atoms with E-state index in [1.54, 1.807) is 42.7 Å². The van der Waals surface area contributed by atoms with Crippen molar-refractivity contribution in [2.45, 2.75) is 20.0 Å². The lowest BCUT2D eigenvalue weighted by atomic mass is 10.1. The summed E-state index contributed by atoms with van der Waals surface area (Å²) in [5, 5.41) is 6.85. The molecule has 2 aromatic heterocycles. The lowest BCUT2D eigenvalue weighted by Crippen LogP contribution is -2.46. The number of hydrogen-bond acceptors (Lipinski definition) is 7. The molecule has 2 aromatic carbocycles. The highest BCUT2D eigenvalue weighted by Gasteiger charge is 2.21. The Morgan fingerprint density at radius 2 is 1.69 bits per heavy atom. The topological polar surface area (TPSA) is 117 Å². The van der Waals surface area contributed by atoms with Crippen molar-refractivity contribution in [1.29, 1.82) is 0 Å². The molecule has 1 N–H and O–H groups in total. The summed E-state index contributed by atoms with van der Waals surface area (Å²) in [6, 6.07) is 15.7. The Kier molecular flexibility index (Phi) is 7.24. The highest BCUT2D eigenvalue weighted by atomic mass is 16.5. The fourth-order valence-electron chi connectivity index (χ4n) is 3.65. The van der Waals surface area contributed by atoms with E-state index >= 15 is 0 Å². The van der Waals surface area contributed by atoms with E-state index in [0.29, 0.717) is 17.2 Å². The van der Waals surface area contributed by atoms with Crippen molar-refractivity contribution in [2.24, 2.45) is 0 Å². The molecule has 0 saturated heterocycles. The average Bonchev–Trinajstić information content (AvgIpc) is 2.91. The average molecular weight is 488 g/mol. The highest BCUT2D eigenvalue weighted by Crippen LogP contribution is 2.28. The summed E-state index contributed by atoms with van der Waals surface area (Å²) >= 11 is 0. The molecule has 184 valence electrons. The molecule has 0 aliphatic heterocycles. The Labute approximate surface area is 206 Å². The molecule has 4 aromatic rings. The molecule has 4 rings (SSSR count). The number of rotatable bonds is 8. The summed E-state index contributed by atoms with van der Waals surface area (Å²) in [6.45, 7) is 2.03. The number of aromatic nitrogens is 4. The lowest BCUT2D eigenvalue weighted by Gasteiger charge is -2.14. The van der Waals surface area contributed by atoms with Crippen LogP contribution >= 0.6 is 0 Å². The van der Waals surface area contributed by atoms with E-state index in [4.69, 9.17) is 9.47 Å². The molecule has 0 unspecified atom stereocenters. The SMILES string of the molecule is COc1ccc(-n2nc(C(=O)NCc3ccncc3)c(=O)n(Cc3ccccc3C)c2=O)cc1OC. The first-order valence-electron chi connectivity index (χ1n) is 11.1. The number of nitrogens with one attached hydrogen (secondary N) is 1. The van der Waals surface area contributed by atoms with Gasteiger partial charge in [-0.05, 0) is 47.9 Å². The molecule has 0 radical (unpaired) electrons. The predicted octanol–water partition coefficient (Wildman–Crippen LogP) is 2.09. The number of nitrogens with zero attached hydrogens (tertiary/aromatic N) is 4. The van der Waals surface area contributed by atoms with Gasteiger partial charge in [-0.2, -0.15) is 9.78 Å². The van der Waals surface area contributed by atoms with Crippen LogP contribution < -0.4 is 26.0 Å². The molecule has 0 fully saturated rings. The third-order valence-electron chi connectivity index (χ3n) is 5.68. The zero-order chi connectivity index (χ0) is 25.7. The van der Waals surface area contributed by atoms with Crippen molar-refractivity contribution in [3.8, 4) is 17.2 Å². The number of aryl methyl sites for hydroxylation is 1. The zero-order valence-electron chi connectivity index (χ0n) is 20.1. The van der Waals surface area contributed by atoms with Crippen LogP contribution in [0.15, 0.2) is 76.6 Å². The normalized spacial score (nSPS) is 10.6. The molecule has 0 saturated carbocycles. The van der Waals surface area contributed by atoms with Gasteiger partial charge in [-0.1, -0.05) is 24.3 Å². The molecule has 0 aliphatic rings. The van der Waals surface area contributed by atoms with Crippen LogP contribution in [-0.4, -0.2) is 39.5 Å². The summed E-state index contributed by atoms with van der Waals surface area (Å²) in [6.07, 6.45) is 3.21. The number of pyridine rings is 1. The van der Waals surface area contributed by atoms with Crippen LogP contribution in [0.1, 0.15) is 27.2 Å². The molecule has 0 aliphatic carbocycles. The number of methoxy groups -OCH3 is 2. The second-order valence-corrected chi connectivity index (χ2v) is 7.94. The standard InChI is InChI=1S/C26H25N5O5/c1-17-6-4-5-7-19(17)16-30-25(33)23(24(32)28-15-18-10-12-27-13-11-18)29-31(26(30)34)20-8-9-21(35-2)22(14-20)36-3/h4-14H,15-16H2,1-3H3,(H,28,32). The molecule has 1 amide bonds. The summed E-state index contributed by atoms with van der Waals surface area (Å²) in [5.41, 5.74) is 0.887. The van der Waals surface area contributed by atoms with Gasteiger partial charge in [0, 0.05) is 25.0 Å². The minimum atomic E-state index is -0.785. The van der Waals surface area contributed by atoms with Crippen molar-refractivity contribution >= 4 is 5.91 Å². The molecule has 0 bridgehead atoms. The second kappa shape index (κ2) is 10.7. The van der Waals surface area contributed by atoms with Crippen molar-refractivity contribution < 1.29 is 14.3 Å². The molecule has 2 heterocycles. The van der Waals surface area contributed by atoms with Crippen LogP contribution in [0.2, 0.25) is 0 Å². The summed E-state index contributed by atoms with van der Waals surface area (Å²) < 4.78 is 12.6. The lowest BCUT2D eigenvalue weighted by molar-refractivity contribution is 0.0941. The largest absolute Gasteiger partial charge is 0.493 e. The van der Waals surface area contributed by atoms with Gasteiger partial charge in [-0.3, -0.25) is 19.1 Å². The van der Waals surface area contributed by atoms with Crippen LogP contribution in [0.4, 0.5) is 0 Å². The Morgan fingerprint density at radius 3 is 2.39 bits per heavy atom. The molecule has 10 nitrogen and oxygen atoms in total. The van der Waals surface area contributed by atoms with E-state index < -0.39 is 22.9 Å². The van der Waals surface area contributed by atoms with Crippen LogP contribution in [-0.2, 0) is 13.1 Å². The van der Waals surface area contributed by atoms with Gasteiger partial charge >= 0.3 is 5.69 Å². The second-order valence-electron chi connectivity index (χ2n) is 7.94. The van der Waals surface area contributed by atoms with E-state index in [-0.39, 0.29) is 13.1 Å². The van der Waals surface area contributed by atoms with Gasteiger partial charge in [-0.15, -0.1) is 0 Å². The third-order valence-corrected chi connectivity index (χ3v) is 5.68. The van der Waals surface area contributed by atoms with Gasteiger partial charge in [0.2, 0.25) is 5.69 Å². The zero-order valence-corrected chi connectivity index (χ0v) is 20.1. The van der Waals surface area contributed by atoms with Gasteiger partial charge in [-0.25, -0.2) is 4.79 Å². The molecule has 0 atom stereocenters. The van der Waals surface area contributed by atoms with E-state index in [9.17, 15) is 14.4 Å². The Balaban J connectivity index is 1.83. The number of hydrogen-bond donors (Lipinski definition) is 1. The number of benzene rings is 2. The quantitative estimate of drug-likeness (QED) is 0.404. The van der Waals surface area contributed by atoms with Crippen LogP contribution in [0.25, 0.3) is 5.69 Å². The maximum absolute atomic E-state index is 13.5. The molecule has 10 heteroatoms. The van der Waals surface area contributed by atoms with Gasteiger partial charge < -0.3 is 14.8 Å². The molecule has 0 spiro atoms. The van der Waals surface area contributed by atoms with Crippen molar-refractivity contribution in [1.82, 2.24) is 24.6 Å². The first kappa shape index (κ1) is 24.4. The summed E-state index contributed by atoms with van der Waals surface area (Å²) in [7, 11) is 2.96. The minimum absolute atomic E-state index is 0.0230. The van der Waals surface area contributed by atoms with Crippen LogP contribution in [0.5, 0.6) is 11.5 Å². The Morgan fingerprint density at radius 1 is 0.972 bits per heavy atom. The number of carbonyl (C=O) groups is 1. The minimum Gasteiger partial charge on any atom is -0.493 e. The van der Waals surface area contributed by atoms with Crippen molar-refractivity contribution in [3.05, 3.63) is 110 Å². The van der Waals surface area contributed by atoms with Crippen LogP contribution in [0, 0.1) is 6.92 Å². The van der Waals surface area contributed by atoms with E-state index in [1.165, 1.54) is 14.2 Å². The van der Waals surface area contributed by atoms with Crippen molar-refractivity contribution in [3.63, 3.8) is 0 Å². The first-order chi connectivity index (χ1) is 17.4. The number of ether oxygens (including phenoxy) is 2. The van der Waals surface area contributed by atoms with E-state index in [2.05, 4.69) is 15.4 Å². The van der Waals surface area contributed by atoms with Crippen LogP contribution in [0.3, 0.4) is 0 Å². The highest BCUT2D eigenvalue weighted by molar-refractivity contribution is 5.91. The van der Waals surface area contributed by atoms with Gasteiger partial charge in [0.25, 0.3) is 11.5 Å². The van der Waals surface area contributed by atoms with E-state index in [0.717, 1.165) is 25.9 Å². The van der Waals surface area contributed by atoms with Crippen molar-refractivity contribution in [2.75, 3.05) is 14.2 Å². The number of amides is 1. The molecular formula is C26H25N5O5. The summed E-state index contributed by atoms with van der Waals surface area (Å²) in [4.78, 5) is 43.8. The first-order valence-corrected chi connectivity index (χ1v) is 11.1. The van der Waals surface area contributed by atoms with Gasteiger partial charge in [0.05, 0.1) is 26.5 Å². The summed E-state index contributed by atoms with van der Waals surface area (Å²) in [5.74, 6) is 0.117. The predicted molar refractivity (Wildman–Crippen MR) is 133 cm³/mol. The maximum atomic E-state index is 13.5. The molecule has 36 heavy (non-hydrogen) atoms.